The molecular formula is C46H78O30. The van der Waals surface area contributed by atoms with Crippen molar-refractivity contribution in [3.63, 3.8) is 0 Å². The summed E-state index contributed by atoms with van der Waals surface area (Å²) in [5.41, 5.74) is 0. The van der Waals surface area contributed by atoms with Crippen LogP contribution in [0.5, 0.6) is 0 Å². The molecule has 7 aliphatic rings. The summed E-state index contributed by atoms with van der Waals surface area (Å²) in [6.45, 7) is -3.89. The lowest BCUT2D eigenvalue weighted by molar-refractivity contribution is -0.314. The van der Waals surface area contributed by atoms with Crippen LogP contribution in [0.15, 0.2) is 0 Å². The predicted molar refractivity (Wildman–Crippen MR) is 242 cm³/mol. The first-order valence-corrected chi connectivity index (χ1v) is 25.6. The van der Waals surface area contributed by atoms with Gasteiger partial charge in [0.05, 0.1) is 128 Å². The van der Waals surface area contributed by atoms with Gasteiger partial charge in [0.25, 0.3) is 0 Å². The van der Waals surface area contributed by atoms with Gasteiger partial charge in [-0.2, -0.15) is 0 Å². The lowest BCUT2D eigenvalue weighted by Gasteiger charge is -2.44. The Hall–Kier alpha value is -1.65. The second-order valence-corrected chi connectivity index (χ2v) is 20.7. The number of hydrogen-bond donors (Lipinski definition) is 17. The number of carboxylic acids is 1. The van der Waals surface area contributed by atoms with Crippen LogP contribution in [0.25, 0.3) is 0 Å². The van der Waals surface area contributed by atoms with E-state index in [0.29, 0.717) is 0 Å². The van der Waals surface area contributed by atoms with Gasteiger partial charge in [0.1, 0.15) is 97.7 Å². The fraction of sp³-hybridized carbons (Fsp3) is 0.978. The van der Waals surface area contributed by atoms with Crippen LogP contribution in [0.2, 0.25) is 0 Å². The maximum atomic E-state index is 12.5. The predicted octanol–water partition coefficient (Wildman–Crippen LogP) is -10.3. The Morgan fingerprint density at radius 2 is 0.882 bits per heavy atom. The van der Waals surface area contributed by atoms with Gasteiger partial charge in [-0.25, -0.2) is 4.79 Å². The molecule has 0 aromatic carbocycles. The van der Waals surface area contributed by atoms with E-state index in [4.69, 9.17) is 56.8 Å². The summed E-state index contributed by atoms with van der Waals surface area (Å²) < 4.78 is 69.0. The number of aliphatic carboxylic acids is 1. The van der Waals surface area contributed by atoms with E-state index in [0.717, 1.165) is 0 Å². The van der Waals surface area contributed by atoms with Crippen molar-refractivity contribution >= 4 is 5.97 Å². The zero-order valence-corrected chi connectivity index (χ0v) is 41.6. The standard InChI is InChI=1S/C46H78O30/c1-16-17(32(52)35(55)21(71-16)2-3-47)6-65-11-25-37(57)33(53)18(22(4-48)72-25)7-66-13-27-38(58)34(54)20(43(75-27)45(63)64)8-67-10-24-30(50)19-9-69-44-42(62)40(60)28(76-46(44)70-15-29(74-24)31(19)51)14-68-12-26-39(59)41(61)36(56)23(5-49)73-26/h16-44,46-62H,2-15H2,1H3,(H,63,64). The Morgan fingerprint density at radius 3 is 1.47 bits per heavy atom. The van der Waals surface area contributed by atoms with Gasteiger partial charge in [0.15, 0.2) is 12.4 Å². The maximum Gasteiger partial charge on any atom is 0.333 e. The Kier molecular flexibility index (Phi) is 22.7. The lowest BCUT2D eigenvalue weighted by atomic mass is 9.86. The van der Waals surface area contributed by atoms with Crippen molar-refractivity contribution in [3.8, 4) is 0 Å². The molecule has 30 heteroatoms. The number of carbonyl (C=O) groups is 1. The molecule has 7 rings (SSSR count). The molecule has 7 saturated heterocycles. The summed E-state index contributed by atoms with van der Waals surface area (Å²) in [5.74, 6) is -5.78. The first-order chi connectivity index (χ1) is 36.2. The molecule has 442 valence electrons. The molecule has 30 unspecified atom stereocenters. The van der Waals surface area contributed by atoms with Crippen molar-refractivity contribution < 1.29 is 148 Å². The van der Waals surface area contributed by atoms with E-state index in [9.17, 15) is 91.6 Å². The van der Waals surface area contributed by atoms with Crippen LogP contribution in [0, 0.1) is 23.7 Å². The second kappa shape index (κ2) is 27.9. The van der Waals surface area contributed by atoms with Gasteiger partial charge >= 0.3 is 5.97 Å². The third-order valence-corrected chi connectivity index (χ3v) is 15.7. The van der Waals surface area contributed by atoms with E-state index < -0.39 is 248 Å². The topological polar surface area (TPSA) is 472 Å². The molecule has 76 heavy (non-hydrogen) atoms. The van der Waals surface area contributed by atoms with Crippen LogP contribution in [0.4, 0.5) is 0 Å². The molecule has 30 atom stereocenters. The minimum absolute atomic E-state index is 0.117. The molecule has 0 aromatic rings. The number of aliphatic hydroxyl groups is 16. The highest BCUT2D eigenvalue weighted by Gasteiger charge is 2.54. The monoisotopic (exact) mass is 1110 g/mol. The largest absolute Gasteiger partial charge is 0.479 e. The average Bonchev–Trinajstić information content (AvgIpc) is 3.44. The molecule has 17 N–H and O–H groups in total. The minimum Gasteiger partial charge on any atom is -0.479 e. The molecule has 0 radical (unpaired) electrons. The zero-order valence-electron chi connectivity index (χ0n) is 41.6. The van der Waals surface area contributed by atoms with Gasteiger partial charge in [-0.1, -0.05) is 0 Å². The average molecular weight is 1110 g/mol. The number of ether oxygens (including phenoxy) is 12. The zero-order chi connectivity index (χ0) is 55.3. The van der Waals surface area contributed by atoms with E-state index in [1.54, 1.807) is 6.92 Å². The molecule has 0 spiro atoms. The van der Waals surface area contributed by atoms with Crippen molar-refractivity contribution in [2.45, 2.75) is 172 Å². The molecule has 0 aromatic heterocycles. The first kappa shape index (κ1) is 62.0. The van der Waals surface area contributed by atoms with Crippen LogP contribution >= 0.6 is 0 Å². The Bertz CT molecular complexity index is 1760. The van der Waals surface area contributed by atoms with Crippen LogP contribution in [-0.2, 0) is 61.6 Å². The third kappa shape index (κ3) is 13.8. The Labute approximate surface area is 435 Å². The molecule has 2 bridgehead atoms. The summed E-state index contributed by atoms with van der Waals surface area (Å²) in [4.78, 5) is 12.5. The number of hydrogen-bond acceptors (Lipinski definition) is 29. The highest BCUT2D eigenvalue weighted by Crippen LogP contribution is 2.36. The Balaban J connectivity index is 0.865. The Morgan fingerprint density at radius 1 is 0.421 bits per heavy atom. The van der Waals surface area contributed by atoms with Crippen LogP contribution < -0.4 is 0 Å². The SMILES string of the molecule is CC1OC(CCO)C(O)C(O)C1COCC1OC(CO)C(COCC2OC(C(=O)O)C(COCC3OC4COC5OC(COCC6OC(CO)C(O)C(O)C6O)C(O)C(O)C5OCC(C3O)C4O)C(O)C2O)C(O)C1O. The van der Waals surface area contributed by atoms with E-state index in [2.05, 4.69) is 0 Å². The van der Waals surface area contributed by atoms with E-state index >= 15 is 0 Å². The van der Waals surface area contributed by atoms with Gasteiger partial charge in [0, 0.05) is 30.3 Å². The van der Waals surface area contributed by atoms with Crippen molar-refractivity contribution in [2.75, 3.05) is 85.9 Å². The molecule has 7 heterocycles. The summed E-state index contributed by atoms with van der Waals surface area (Å²) in [6, 6.07) is 0. The molecular weight excluding hydrogens is 1030 g/mol. The number of rotatable bonds is 21. The van der Waals surface area contributed by atoms with E-state index in [1.165, 1.54) is 0 Å². The van der Waals surface area contributed by atoms with Crippen molar-refractivity contribution in [2.24, 2.45) is 23.7 Å². The van der Waals surface area contributed by atoms with Crippen molar-refractivity contribution in [3.05, 3.63) is 0 Å². The van der Waals surface area contributed by atoms with Crippen molar-refractivity contribution in [1.82, 2.24) is 0 Å². The van der Waals surface area contributed by atoms with Gasteiger partial charge < -0.3 is 144 Å². The van der Waals surface area contributed by atoms with Gasteiger partial charge in [0.2, 0.25) is 0 Å². The summed E-state index contributed by atoms with van der Waals surface area (Å²) in [6.07, 6.45) is -35.7. The lowest BCUT2D eigenvalue weighted by Crippen LogP contribution is -2.61. The first-order valence-electron chi connectivity index (χ1n) is 25.6. The van der Waals surface area contributed by atoms with Crippen LogP contribution in [-0.4, -0.2) is 338 Å². The highest BCUT2D eigenvalue weighted by molar-refractivity contribution is 5.73. The van der Waals surface area contributed by atoms with Gasteiger partial charge in [-0.05, 0) is 13.3 Å². The quantitative estimate of drug-likeness (QED) is 0.0507. The summed E-state index contributed by atoms with van der Waals surface area (Å²) in [5, 5.41) is 179. The summed E-state index contributed by atoms with van der Waals surface area (Å²) in [7, 11) is 0. The normalized spacial score (nSPS) is 49.3. The number of fused-ring (bicyclic) bond motifs is 3. The van der Waals surface area contributed by atoms with Gasteiger partial charge in [-0.3, -0.25) is 0 Å². The second-order valence-electron chi connectivity index (χ2n) is 20.7. The van der Waals surface area contributed by atoms with Crippen LogP contribution in [0.3, 0.4) is 0 Å². The maximum absolute atomic E-state index is 12.5. The van der Waals surface area contributed by atoms with E-state index in [1.807, 2.05) is 0 Å². The fourth-order valence-corrected chi connectivity index (χ4v) is 11.0. The molecule has 0 saturated carbocycles. The van der Waals surface area contributed by atoms with Gasteiger partial charge in [-0.15, -0.1) is 0 Å². The third-order valence-electron chi connectivity index (χ3n) is 15.7. The molecule has 7 aliphatic heterocycles. The molecule has 7 fully saturated rings. The minimum atomic E-state index is -1.78. The summed E-state index contributed by atoms with van der Waals surface area (Å²) >= 11 is 0. The van der Waals surface area contributed by atoms with Crippen LogP contribution in [0.1, 0.15) is 13.3 Å². The molecule has 30 nitrogen and oxygen atoms in total. The molecule has 0 amide bonds. The smallest absolute Gasteiger partial charge is 0.333 e. The number of aliphatic hydroxyl groups excluding tert-OH is 16. The van der Waals surface area contributed by atoms with Crippen molar-refractivity contribution in [1.29, 1.82) is 0 Å². The highest BCUT2D eigenvalue weighted by atomic mass is 16.7. The fourth-order valence-electron chi connectivity index (χ4n) is 11.0. The number of carboxylic acid groups (broad SMARTS) is 1. The van der Waals surface area contributed by atoms with E-state index in [-0.39, 0.29) is 32.8 Å². The molecule has 0 aliphatic carbocycles.